The van der Waals surface area contributed by atoms with Crippen molar-refractivity contribution < 1.29 is 28.4 Å². The van der Waals surface area contributed by atoms with E-state index >= 15 is 0 Å². The van der Waals surface area contributed by atoms with Gasteiger partial charge < -0.3 is 19.2 Å². The van der Waals surface area contributed by atoms with E-state index in [2.05, 4.69) is 5.32 Å². The number of nitro benzene ring substituents is 1. The SMILES string of the molecule is Cc1ccc(NC(=O)C(OC(=O)COc2ccc3c(C)cc(=O)oc3c2)c2ccccc2)c([N+](=O)[O-])c1. The Bertz CT molecular complexity index is 1550. The molecule has 10 nitrogen and oxygen atoms in total. The normalized spacial score (nSPS) is 11.5. The molecule has 0 radical (unpaired) electrons. The van der Waals surface area contributed by atoms with E-state index in [9.17, 15) is 24.5 Å². The average Bonchev–Trinajstić information content (AvgIpc) is 2.87. The number of carbonyl (C=O) groups excluding carboxylic acids is 2. The van der Waals surface area contributed by atoms with Crippen LogP contribution in [-0.2, 0) is 14.3 Å². The molecule has 0 bridgehead atoms. The smallest absolute Gasteiger partial charge is 0.345 e. The highest BCUT2D eigenvalue weighted by Crippen LogP contribution is 2.28. The number of aryl methyl sites for hydroxylation is 2. The minimum absolute atomic E-state index is 0.0261. The van der Waals surface area contributed by atoms with Crippen molar-refractivity contribution in [2.24, 2.45) is 0 Å². The topological polar surface area (TPSA) is 138 Å². The van der Waals surface area contributed by atoms with Crippen LogP contribution in [0.5, 0.6) is 5.75 Å². The van der Waals surface area contributed by atoms with E-state index in [1.807, 2.05) is 0 Å². The molecule has 1 N–H and O–H groups in total. The molecule has 4 rings (SSSR count). The maximum absolute atomic E-state index is 13.1. The fraction of sp³-hybridized carbons (Fsp3) is 0.148. The van der Waals surface area contributed by atoms with Gasteiger partial charge in [0.2, 0.25) is 6.10 Å². The summed E-state index contributed by atoms with van der Waals surface area (Å²) in [6.07, 6.45) is -1.39. The number of amides is 1. The second-order valence-electron chi connectivity index (χ2n) is 8.24. The Morgan fingerprint density at radius 1 is 1.03 bits per heavy atom. The third-order valence-electron chi connectivity index (χ3n) is 5.48. The first-order valence-corrected chi connectivity index (χ1v) is 11.2. The lowest BCUT2D eigenvalue weighted by molar-refractivity contribution is -0.384. The summed E-state index contributed by atoms with van der Waals surface area (Å²) in [5, 5.41) is 14.6. The van der Waals surface area contributed by atoms with E-state index in [4.69, 9.17) is 13.9 Å². The third-order valence-corrected chi connectivity index (χ3v) is 5.48. The molecule has 1 unspecified atom stereocenters. The van der Waals surface area contributed by atoms with Gasteiger partial charge in [0.1, 0.15) is 17.0 Å². The number of esters is 1. The Morgan fingerprint density at radius 3 is 2.51 bits per heavy atom. The van der Waals surface area contributed by atoms with Crippen LogP contribution in [0, 0.1) is 24.0 Å². The zero-order chi connectivity index (χ0) is 26.5. The van der Waals surface area contributed by atoms with Crippen LogP contribution in [0.1, 0.15) is 22.8 Å². The molecule has 0 aliphatic carbocycles. The number of carbonyl (C=O) groups is 2. The molecule has 3 aromatic carbocycles. The van der Waals surface area contributed by atoms with Gasteiger partial charge in [-0.2, -0.15) is 0 Å². The largest absolute Gasteiger partial charge is 0.482 e. The summed E-state index contributed by atoms with van der Waals surface area (Å²) in [4.78, 5) is 48.2. The van der Waals surface area contributed by atoms with Gasteiger partial charge in [0.25, 0.3) is 11.6 Å². The fourth-order valence-corrected chi connectivity index (χ4v) is 3.70. The van der Waals surface area contributed by atoms with E-state index in [-0.39, 0.29) is 17.1 Å². The van der Waals surface area contributed by atoms with Crippen LogP contribution < -0.4 is 15.7 Å². The monoisotopic (exact) mass is 502 g/mol. The van der Waals surface area contributed by atoms with Crippen LogP contribution in [0.2, 0.25) is 0 Å². The summed E-state index contributed by atoms with van der Waals surface area (Å²) < 4.78 is 16.1. The Kier molecular flexibility index (Phi) is 7.28. The number of hydrogen-bond acceptors (Lipinski definition) is 8. The van der Waals surface area contributed by atoms with E-state index in [0.29, 0.717) is 16.7 Å². The molecule has 4 aromatic rings. The molecular weight excluding hydrogens is 480 g/mol. The molecule has 0 saturated carbocycles. The van der Waals surface area contributed by atoms with Gasteiger partial charge in [-0.05, 0) is 43.2 Å². The lowest BCUT2D eigenvalue weighted by Gasteiger charge is -2.18. The molecule has 10 heteroatoms. The molecule has 0 saturated heterocycles. The van der Waals surface area contributed by atoms with Gasteiger partial charge in [-0.1, -0.05) is 36.4 Å². The zero-order valence-corrected chi connectivity index (χ0v) is 19.9. The van der Waals surface area contributed by atoms with E-state index < -0.39 is 35.1 Å². The van der Waals surface area contributed by atoms with Crippen LogP contribution in [0.15, 0.2) is 82.0 Å². The lowest BCUT2D eigenvalue weighted by Crippen LogP contribution is -2.28. The zero-order valence-electron chi connectivity index (χ0n) is 19.9. The quantitative estimate of drug-likeness (QED) is 0.159. The Labute approximate surface area is 210 Å². The average molecular weight is 502 g/mol. The van der Waals surface area contributed by atoms with Gasteiger partial charge in [-0.3, -0.25) is 14.9 Å². The fourth-order valence-electron chi connectivity index (χ4n) is 3.70. The second kappa shape index (κ2) is 10.7. The Balaban J connectivity index is 1.50. The van der Waals surface area contributed by atoms with E-state index in [1.165, 1.54) is 24.3 Å². The first-order valence-electron chi connectivity index (χ1n) is 11.2. The van der Waals surface area contributed by atoms with Gasteiger partial charge >= 0.3 is 11.6 Å². The maximum Gasteiger partial charge on any atom is 0.345 e. The summed E-state index contributed by atoms with van der Waals surface area (Å²) in [5.74, 6) is -1.36. The summed E-state index contributed by atoms with van der Waals surface area (Å²) in [6.45, 7) is 2.93. The minimum Gasteiger partial charge on any atom is -0.482 e. The molecule has 1 aromatic heterocycles. The molecule has 0 aliphatic heterocycles. The summed E-state index contributed by atoms with van der Waals surface area (Å²) >= 11 is 0. The molecule has 0 spiro atoms. The Morgan fingerprint density at radius 2 is 1.78 bits per heavy atom. The number of hydrogen-bond donors (Lipinski definition) is 1. The number of ether oxygens (including phenoxy) is 2. The molecule has 188 valence electrons. The predicted octanol–water partition coefficient (Wildman–Crippen LogP) is 4.62. The number of nitrogens with zero attached hydrogens (tertiary/aromatic N) is 1. The van der Waals surface area contributed by atoms with Crippen LogP contribution in [0.3, 0.4) is 0 Å². The Hall–Kier alpha value is -4.99. The number of fused-ring (bicyclic) bond motifs is 1. The van der Waals surface area contributed by atoms with Crippen molar-refractivity contribution in [2.75, 3.05) is 11.9 Å². The molecule has 1 atom stereocenters. The van der Waals surface area contributed by atoms with Crippen molar-refractivity contribution in [1.82, 2.24) is 0 Å². The molecular formula is C27H22N2O8. The van der Waals surface area contributed by atoms with Crippen LogP contribution >= 0.6 is 0 Å². The van der Waals surface area contributed by atoms with Crippen LogP contribution in [0.4, 0.5) is 11.4 Å². The van der Waals surface area contributed by atoms with Crippen molar-refractivity contribution in [3.8, 4) is 5.75 Å². The molecule has 0 aliphatic rings. The number of benzene rings is 3. The van der Waals surface area contributed by atoms with Crippen molar-refractivity contribution in [2.45, 2.75) is 20.0 Å². The third kappa shape index (κ3) is 5.99. The number of nitro groups is 1. The predicted molar refractivity (Wildman–Crippen MR) is 134 cm³/mol. The van der Waals surface area contributed by atoms with E-state index in [0.717, 1.165) is 10.9 Å². The van der Waals surface area contributed by atoms with Crippen LogP contribution in [0.25, 0.3) is 11.0 Å². The number of nitrogens with one attached hydrogen (secondary N) is 1. The first kappa shape index (κ1) is 25.1. The second-order valence-corrected chi connectivity index (χ2v) is 8.24. The maximum atomic E-state index is 13.1. The van der Waals surface area contributed by atoms with Crippen molar-refractivity contribution in [3.63, 3.8) is 0 Å². The minimum atomic E-state index is -1.39. The first-order chi connectivity index (χ1) is 17.7. The van der Waals surface area contributed by atoms with Crippen molar-refractivity contribution in [3.05, 3.63) is 110 Å². The highest BCUT2D eigenvalue weighted by atomic mass is 16.6. The highest BCUT2D eigenvalue weighted by Gasteiger charge is 2.27. The summed E-state index contributed by atoms with van der Waals surface area (Å²) in [5.41, 5.74) is 1.24. The summed E-state index contributed by atoms with van der Waals surface area (Å²) in [6, 6.07) is 18.8. The van der Waals surface area contributed by atoms with Gasteiger partial charge in [-0.25, -0.2) is 9.59 Å². The molecule has 0 fully saturated rings. The lowest BCUT2D eigenvalue weighted by atomic mass is 10.1. The van der Waals surface area contributed by atoms with Gasteiger partial charge in [0.05, 0.1) is 4.92 Å². The standard InChI is InChI=1S/C27H22N2O8/c1-16-8-11-21(22(12-16)29(33)34)28-27(32)26(18-6-4-3-5-7-18)37-25(31)15-35-19-9-10-20-17(2)13-24(30)36-23(20)14-19/h3-14,26H,15H2,1-2H3,(H,28,32). The summed E-state index contributed by atoms with van der Waals surface area (Å²) in [7, 11) is 0. The highest BCUT2D eigenvalue weighted by molar-refractivity contribution is 5.98. The molecule has 1 amide bonds. The molecule has 37 heavy (non-hydrogen) atoms. The molecule has 1 heterocycles. The van der Waals surface area contributed by atoms with Crippen molar-refractivity contribution in [1.29, 1.82) is 0 Å². The number of rotatable bonds is 8. The van der Waals surface area contributed by atoms with Crippen molar-refractivity contribution >= 4 is 34.2 Å². The van der Waals surface area contributed by atoms with Gasteiger partial charge in [-0.15, -0.1) is 0 Å². The van der Waals surface area contributed by atoms with Gasteiger partial charge in [0, 0.05) is 29.1 Å². The number of anilines is 1. The van der Waals surface area contributed by atoms with E-state index in [1.54, 1.807) is 62.4 Å². The van der Waals surface area contributed by atoms with Crippen LogP contribution in [-0.4, -0.2) is 23.4 Å². The van der Waals surface area contributed by atoms with Gasteiger partial charge in [0.15, 0.2) is 6.61 Å².